The maximum atomic E-state index is 12.8. The number of anilines is 1. The first-order valence-corrected chi connectivity index (χ1v) is 9.87. The predicted octanol–water partition coefficient (Wildman–Crippen LogP) is 3.26. The van der Waals surface area contributed by atoms with Gasteiger partial charge in [-0.3, -0.25) is 25.1 Å². The smallest absolute Gasteiger partial charge is 0.287 e. The number of benzene rings is 2. The molecule has 0 bridgehead atoms. The highest BCUT2D eigenvalue weighted by molar-refractivity contribution is 6.31. The van der Waals surface area contributed by atoms with E-state index in [1.165, 1.54) is 37.4 Å². The molecule has 0 radical (unpaired) electrons. The van der Waals surface area contributed by atoms with E-state index in [4.69, 9.17) is 14.2 Å². The standard InChI is InChI=1S/C23H18N4O7/c1-32-18-11-14(10-17-22(28)25-26(23(17)29)15-6-4-3-5-7-15)12-19(33-2)21(18)34-20-9-8-16(13-24-20)27(30)31/h3-13H,1-2H3,(H,25,28). The maximum Gasteiger partial charge on any atom is 0.287 e. The molecule has 2 aromatic carbocycles. The third-order valence-electron chi connectivity index (χ3n) is 4.84. The zero-order valence-corrected chi connectivity index (χ0v) is 18.1. The van der Waals surface area contributed by atoms with Crippen LogP contribution in [-0.2, 0) is 9.59 Å². The van der Waals surface area contributed by atoms with Gasteiger partial charge in [0, 0.05) is 12.1 Å². The molecule has 172 valence electrons. The highest BCUT2D eigenvalue weighted by atomic mass is 16.6. The van der Waals surface area contributed by atoms with Gasteiger partial charge < -0.3 is 14.2 Å². The highest BCUT2D eigenvalue weighted by Gasteiger charge is 2.34. The minimum Gasteiger partial charge on any atom is -0.493 e. The zero-order valence-electron chi connectivity index (χ0n) is 18.1. The molecule has 0 unspecified atom stereocenters. The van der Waals surface area contributed by atoms with Crippen LogP contribution >= 0.6 is 0 Å². The van der Waals surface area contributed by atoms with E-state index in [1.54, 1.807) is 42.5 Å². The molecule has 11 nitrogen and oxygen atoms in total. The minimum atomic E-state index is -0.570. The van der Waals surface area contributed by atoms with Gasteiger partial charge in [0.2, 0.25) is 11.6 Å². The largest absolute Gasteiger partial charge is 0.493 e. The molecule has 0 atom stereocenters. The van der Waals surface area contributed by atoms with Crippen LogP contribution in [0.2, 0.25) is 0 Å². The summed E-state index contributed by atoms with van der Waals surface area (Å²) in [7, 11) is 2.82. The number of para-hydroxylation sites is 1. The van der Waals surface area contributed by atoms with Crippen molar-refractivity contribution in [2.24, 2.45) is 0 Å². The zero-order chi connectivity index (χ0) is 24.2. The molecule has 1 aliphatic rings. The molecule has 1 aliphatic heterocycles. The predicted molar refractivity (Wildman–Crippen MR) is 121 cm³/mol. The van der Waals surface area contributed by atoms with Crippen LogP contribution in [0.1, 0.15) is 5.56 Å². The lowest BCUT2D eigenvalue weighted by molar-refractivity contribution is -0.385. The SMILES string of the molecule is COc1cc(C=C2C(=O)NN(c3ccccc3)C2=O)cc(OC)c1Oc1ccc([N+](=O)[O-])cn1. The van der Waals surface area contributed by atoms with Gasteiger partial charge in [-0.25, -0.2) is 9.99 Å². The number of nitro groups is 1. The van der Waals surface area contributed by atoms with Crippen molar-refractivity contribution in [3.05, 3.63) is 82.0 Å². The van der Waals surface area contributed by atoms with Crippen LogP contribution in [-0.4, -0.2) is 35.9 Å². The lowest BCUT2D eigenvalue weighted by Crippen LogP contribution is -2.35. The third-order valence-corrected chi connectivity index (χ3v) is 4.84. The van der Waals surface area contributed by atoms with E-state index in [1.807, 2.05) is 0 Å². The second kappa shape index (κ2) is 9.28. The van der Waals surface area contributed by atoms with E-state index in [9.17, 15) is 19.7 Å². The van der Waals surface area contributed by atoms with Crippen molar-refractivity contribution in [1.29, 1.82) is 0 Å². The van der Waals surface area contributed by atoms with Crippen molar-refractivity contribution in [3.63, 3.8) is 0 Å². The average Bonchev–Trinajstić information content (AvgIpc) is 3.13. The topological polar surface area (TPSA) is 133 Å². The van der Waals surface area contributed by atoms with E-state index in [-0.39, 0.29) is 34.4 Å². The molecule has 11 heteroatoms. The van der Waals surface area contributed by atoms with Gasteiger partial charge in [-0.2, -0.15) is 0 Å². The van der Waals surface area contributed by atoms with Gasteiger partial charge in [0.15, 0.2) is 11.5 Å². The summed E-state index contributed by atoms with van der Waals surface area (Å²) in [5, 5.41) is 12.0. The van der Waals surface area contributed by atoms with Crippen LogP contribution in [0.25, 0.3) is 6.08 Å². The van der Waals surface area contributed by atoms with Crippen LogP contribution in [0.15, 0.2) is 66.4 Å². The normalized spacial score (nSPS) is 14.2. The Balaban J connectivity index is 1.66. The number of pyridine rings is 1. The Kier molecular flexibility index (Phi) is 6.08. The first kappa shape index (κ1) is 22.3. The molecule has 1 N–H and O–H groups in total. The Labute approximate surface area is 193 Å². The van der Waals surface area contributed by atoms with Crippen LogP contribution in [0, 0.1) is 10.1 Å². The van der Waals surface area contributed by atoms with Crippen molar-refractivity contribution in [2.75, 3.05) is 19.2 Å². The number of hydrazine groups is 1. The van der Waals surface area contributed by atoms with Gasteiger partial charge in [-0.1, -0.05) is 18.2 Å². The van der Waals surface area contributed by atoms with Crippen LogP contribution in [0.3, 0.4) is 0 Å². The fourth-order valence-corrected chi connectivity index (χ4v) is 3.21. The molecular weight excluding hydrogens is 444 g/mol. The van der Waals surface area contributed by atoms with E-state index in [2.05, 4.69) is 10.4 Å². The van der Waals surface area contributed by atoms with E-state index < -0.39 is 16.7 Å². The number of carbonyl (C=O) groups is 2. The molecule has 2 amide bonds. The van der Waals surface area contributed by atoms with E-state index in [0.717, 1.165) is 6.20 Å². The molecule has 2 heterocycles. The van der Waals surface area contributed by atoms with Crippen molar-refractivity contribution >= 4 is 29.3 Å². The number of carbonyl (C=O) groups excluding carboxylic acids is 2. The van der Waals surface area contributed by atoms with Crippen molar-refractivity contribution in [3.8, 4) is 23.1 Å². The summed E-state index contributed by atoms with van der Waals surface area (Å²) in [6.07, 6.45) is 2.48. The van der Waals surface area contributed by atoms with E-state index >= 15 is 0 Å². The molecular formula is C23H18N4O7. The minimum absolute atomic E-state index is 0.0707. The number of ether oxygens (including phenoxy) is 3. The molecule has 0 aliphatic carbocycles. The van der Waals surface area contributed by atoms with Crippen LogP contribution in [0.4, 0.5) is 11.4 Å². The average molecular weight is 462 g/mol. The molecule has 1 fully saturated rings. The van der Waals surface area contributed by atoms with Gasteiger partial charge >= 0.3 is 0 Å². The van der Waals surface area contributed by atoms with Crippen molar-refractivity contribution in [2.45, 2.75) is 0 Å². The van der Waals surface area contributed by atoms with Gasteiger partial charge in [0.1, 0.15) is 11.8 Å². The number of amides is 2. The third kappa shape index (κ3) is 4.35. The number of aromatic nitrogens is 1. The summed E-state index contributed by atoms with van der Waals surface area (Å²) in [5.41, 5.74) is 3.26. The summed E-state index contributed by atoms with van der Waals surface area (Å²) >= 11 is 0. The van der Waals surface area contributed by atoms with Crippen LogP contribution in [0.5, 0.6) is 23.1 Å². The maximum absolute atomic E-state index is 12.8. The first-order valence-electron chi connectivity index (χ1n) is 9.87. The molecule has 0 saturated carbocycles. The Morgan fingerprint density at radius 3 is 2.26 bits per heavy atom. The molecule has 1 saturated heterocycles. The summed E-state index contributed by atoms with van der Waals surface area (Å²) in [4.78, 5) is 39.5. The Morgan fingerprint density at radius 1 is 1.03 bits per heavy atom. The van der Waals surface area contributed by atoms with E-state index in [0.29, 0.717) is 11.3 Å². The molecule has 3 aromatic rings. The number of hydrogen-bond donors (Lipinski definition) is 1. The van der Waals surface area contributed by atoms with Crippen LogP contribution < -0.4 is 24.6 Å². The fourth-order valence-electron chi connectivity index (χ4n) is 3.21. The number of nitrogens with one attached hydrogen (secondary N) is 1. The second-order valence-corrected chi connectivity index (χ2v) is 6.94. The number of hydrogen-bond acceptors (Lipinski definition) is 8. The van der Waals surface area contributed by atoms with Crippen molar-refractivity contribution in [1.82, 2.24) is 10.4 Å². The molecule has 34 heavy (non-hydrogen) atoms. The fraction of sp³-hybridized carbons (Fsp3) is 0.0870. The first-order chi connectivity index (χ1) is 16.4. The van der Waals surface area contributed by atoms with Gasteiger partial charge in [0.25, 0.3) is 17.5 Å². The summed E-state index contributed by atoms with van der Waals surface area (Å²) in [6.45, 7) is 0. The highest BCUT2D eigenvalue weighted by Crippen LogP contribution is 2.41. The number of rotatable bonds is 7. The Bertz CT molecular complexity index is 1270. The van der Waals surface area contributed by atoms with Gasteiger partial charge in [0.05, 0.1) is 24.8 Å². The molecule has 1 aromatic heterocycles. The monoisotopic (exact) mass is 462 g/mol. The number of nitrogens with zero attached hydrogens (tertiary/aromatic N) is 3. The van der Waals surface area contributed by atoms with Gasteiger partial charge in [-0.15, -0.1) is 0 Å². The molecule has 4 rings (SSSR count). The van der Waals surface area contributed by atoms with Crippen molar-refractivity contribution < 1.29 is 28.7 Å². The van der Waals surface area contributed by atoms with Gasteiger partial charge in [-0.05, 0) is 35.9 Å². The molecule has 0 spiro atoms. The number of methoxy groups -OCH3 is 2. The lowest BCUT2D eigenvalue weighted by Gasteiger charge is -2.15. The quantitative estimate of drug-likeness (QED) is 0.245. The Hall–Kier alpha value is -4.93. The summed E-state index contributed by atoms with van der Waals surface area (Å²) < 4.78 is 16.6. The summed E-state index contributed by atoms with van der Waals surface area (Å²) in [5.74, 6) is -0.347. The second-order valence-electron chi connectivity index (χ2n) is 6.94. The Morgan fingerprint density at radius 2 is 1.71 bits per heavy atom. The summed E-state index contributed by atoms with van der Waals surface area (Å²) in [6, 6.07) is 14.4. The lowest BCUT2D eigenvalue weighted by atomic mass is 10.1.